The Hall–Kier alpha value is -2.40. The van der Waals surface area contributed by atoms with E-state index in [0.29, 0.717) is 16.5 Å². The van der Waals surface area contributed by atoms with Gasteiger partial charge in [-0.3, -0.25) is 0 Å². The van der Waals surface area contributed by atoms with Gasteiger partial charge in [0.2, 0.25) is 0 Å². The number of aryl methyl sites for hydroxylation is 1. The van der Waals surface area contributed by atoms with Crippen molar-refractivity contribution in [1.29, 1.82) is 0 Å². The molecule has 0 spiro atoms. The van der Waals surface area contributed by atoms with Crippen molar-refractivity contribution in [1.82, 2.24) is 20.2 Å². The predicted molar refractivity (Wildman–Crippen MR) is 78.7 cm³/mol. The summed E-state index contributed by atoms with van der Waals surface area (Å²) in [4.78, 5) is 0. The average molecular weight is 286 g/mol. The minimum Gasteiger partial charge on any atom is -0.399 e. The van der Waals surface area contributed by atoms with Crippen LogP contribution in [0.2, 0.25) is 5.02 Å². The van der Waals surface area contributed by atoms with Gasteiger partial charge in [0.1, 0.15) is 0 Å². The van der Waals surface area contributed by atoms with Crippen molar-refractivity contribution < 1.29 is 0 Å². The maximum atomic E-state index is 5.90. The number of hydrogen-bond donors (Lipinski definition) is 1. The topological polar surface area (TPSA) is 69.6 Å². The molecule has 3 aromatic rings. The highest BCUT2D eigenvalue weighted by molar-refractivity contribution is 6.30. The second-order valence-electron chi connectivity index (χ2n) is 4.47. The minimum atomic E-state index is 0.650. The van der Waals surface area contributed by atoms with Crippen LogP contribution in [0.25, 0.3) is 17.1 Å². The highest BCUT2D eigenvalue weighted by atomic mass is 35.5. The van der Waals surface area contributed by atoms with Crippen LogP contribution in [0.15, 0.2) is 42.5 Å². The normalized spacial score (nSPS) is 10.7. The summed E-state index contributed by atoms with van der Waals surface area (Å²) in [6, 6.07) is 13.0. The van der Waals surface area contributed by atoms with Crippen LogP contribution in [-0.2, 0) is 0 Å². The molecule has 0 unspecified atom stereocenters. The second-order valence-corrected chi connectivity index (χ2v) is 4.90. The average Bonchev–Trinajstić information content (AvgIpc) is 2.91. The standard InChI is InChI=1S/C14H12ClN5/c1-9-2-5-11(16)8-13(9)14-17-18-19-20(14)12-6-3-10(15)4-7-12/h2-8H,16H2,1H3. The molecule has 5 nitrogen and oxygen atoms in total. The number of tetrazole rings is 1. The van der Waals surface area contributed by atoms with Gasteiger partial charge in [-0.1, -0.05) is 17.7 Å². The molecule has 100 valence electrons. The number of nitrogen functional groups attached to an aromatic ring is 1. The Balaban J connectivity index is 2.15. The Labute approximate surface area is 121 Å². The number of hydrogen-bond acceptors (Lipinski definition) is 4. The third kappa shape index (κ3) is 2.23. The minimum absolute atomic E-state index is 0.650. The van der Waals surface area contributed by atoms with Gasteiger partial charge in [0, 0.05) is 16.3 Å². The van der Waals surface area contributed by atoms with E-state index in [-0.39, 0.29) is 0 Å². The summed E-state index contributed by atoms with van der Waals surface area (Å²) in [6.45, 7) is 2.00. The summed E-state index contributed by atoms with van der Waals surface area (Å²) in [5.41, 5.74) is 9.33. The van der Waals surface area contributed by atoms with E-state index in [2.05, 4.69) is 15.5 Å². The number of nitrogens with zero attached hydrogens (tertiary/aromatic N) is 4. The Kier molecular flexibility index (Phi) is 3.12. The molecule has 6 heteroatoms. The smallest absolute Gasteiger partial charge is 0.187 e. The first-order valence-electron chi connectivity index (χ1n) is 6.06. The van der Waals surface area contributed by atoms with Crippen LogP contribution in [0.4, 0.5) is 5.69 Å². The van der Waals surface area contributed by atoms with E-state index in [4.69, 9.17) is 17.3 Å². The van der Waals surface area contributed by atoms with E-state index in [1.807, 2.05) is 37.3 Å². The van der Waals surface area contributed by atoms with E-state index in [1.165, 1.54) is 0 Å². The zero-order chi connectivity index (χ0) is 14.1. The van der Waals surface area contributed by atoms with Gasteiger partial charge >= 0.3 is 0 Å². The molecule has 0 aliphatic heterocycles. The molecule has 0 aliphatic rings. The molecule has 3 rings (SSSR count). The molecule has 2 N–H and O–H groups in total. The molecule has 1 aromatic heterocycles. The monoisotopic (exact) mass is 285 g/mol. The van der Waals surface area contributed by atoms with Crippen molar-refractivity contribution in [3.8, 4) is 17.1 Å². The summed E-state index contributed by atoms with van der Waals surface area (Å²) in [5.74, 6) is 0.650. The van der Waals surface area contributed by atoms with Crippen LogP contribution < -0.4 is 5.73 Å². The summed E-state index contributed by atoms with van der Waals surface area (Å²) in [5, 5.41) is 12.6. The third-order valence-electron chi connectivity index (χ3n) is 3.04. The molecule has 20 heavy (non-hydrogen) atoms. The van der Waals surface area contributed by atoms with Gasteiger partial charge in [-0.15, -0.1) is 5.10 Å². The summed E-state index contributed by atoms with van der Waals surface area (Å²) >= 11 is 5.90. The second kappa shape index (κ2) is 4.94. The quantitative estimate of drug-likeness (QED) is 0.735. The molecular formula is C14H12ClN5. The number of nitrogens with two attached hydrogens (primary N) is 1. The van der Waals surface area contributed by atoms with E-state index in [1.54, 1.807) is 16.8 Å². The maximum Gasteiger partial charge on any atom is 0.187 e. The fourth-order valence-electron chi connectivity index (χ4n) is 1.99. The van der Waals surface area contributed by atoms with Gasteiger partial charge in [0.25, 0.3) is 0 Å². The van der Waals surface area contributed by atoms with Crippen LogP contribution in [0, 0.1) is 6.92 Å². The summed E-state index contributed by atoms with van der Waals surface area (Å²) < 4.78 is 1.66. The predicted octanol–water partition coefficient (Wildman–Crippen LogP) is 2.87. The highest BCUT2D eigenvalue weighted by Crippen LogP contribution is 2.25. The van der Waals surface area contributed by atoms with Crippen molar-refractivity contribution in [2.24, 2.45) is 0 Å². The van der Waals surface area contributed by atoms with Gasteiger partial charge in [-0.05, 0) is 59.3 Å². The van der Waals surface area contributed by atoms with E-state index < -0.39 is 0 Å². The van der Waals surface area contributed by atoms with Crippen molar-refractivity contribution in [2.75, 3.05) is 5.73 Å². The van der Waals surface area contributed by atoms with Crippen LogP contribution in [0.5, 0.6) is 0 Å². The first-order chi connectivity index (χ1) is 9.65. The van der Waals surface area contributed by atoms with Gasteiger partial charge in [0.05, 0.1) is 5.69 Å². The van der Waals surface area contributed by atoms with Gasteiger partial charge in [-0.2, -0.15) is 4.68 Å². The Bertz CT molecular complexity index is 749. The van der Waals surface area contributed by atoms with Gasteiger partial charge in [-0.25, -0.2) is 0 Å². The SMILES string of the molecule is Cc1ccc(N)cc1-c1nnnn1-c1ccc(Cl)cc1. The van der Waals surface area contributed by atoms with Crippen LogP contribution >= 0.6 is 11.6 Å². The highest BCUT2D eigenvalue weighted by Gasteiger charge is 2.13. The molecule has 0 saturated carbocycles. The summed E-state index contributed by atoms with van der Waals surface area (Å²) in [6.07, 6.45) is 0. The molecule has 0 bridgehead atoms. The molecule has 2 aromatic carbocycles. The van der Waals surface area contributed by atoms with Gasteiger partial charge < -0.3 is 5.73 Å². The summed E-state index contributed by atoms with van der Waals surface area (Å²) in [7, 11) is 0. The molecule has 0 saturated heterocycles. The molecule has 1 heterocycles. The van der Waals surface area contributed by atoms with Crippen molar-refractivity contribution in [3.63, 3.8) is 0 Å². The lowest BCUT2D eigenvalue weighted by Gasteiger charge is -2.08. The Morgan fingerprint density at radius 2 is 1.85 bits per heavy atom. The van der Waals surface area contributed by atoms with E-state index >= 15 is 0 Å². The zero-order valence-corrected chi connectivity index (χ0v) is 11.5. The molecule has 0 atom stereocenters. The molecule has 0 fully saturated rings. The number of aromatic nitrogens is 4. The zero-order valence-electron chi connectivity index (χ0n) is 10.8. The fraction of sp³-hybridized carbons (Fsp3) is 0.0714. The number of benzene rings is 2. The van der Waals surface area contributed by atoms with Gasteiger partial charge in [0.15, 0.2) is 5.82 Å². The Morgan fingerprint density at radius 3 is 2.60 bits per heavy atom. The van der Waals surface area contributed by atoms with Crippen LogP contribution in [0.1, 0.15) is 5.56 Å². The molecule has 0 aliphatic carbocycles. The van der Waals surface area contributed by atoms with Crippen molar-refractivity contribution in [2.45, 2.75) is 6.92 Å². The first-order valence-corrected chi connectivity index (χ1v) is 6.44. The van der Waals surface area contributed by atoms with Crippen molar-refractivity contribution in [3.05, 3.63) is 53.1 Å². The molecule has 0 amide bonds. The molecular weight excluding hydrogens is 274 g/mol. The van der Waals surface area contributed by atoms with Crippen LogP contribution in [0.3, 0.4) is 0 Å². The van der Waals surface area contributed by atoms with E-state index in [0.717, 1.165) is 16.8 Å². The largest absolute Gasteiger partial charge is 0.399 e. The third-order valence-corrected chi connectivity index (χ3v) is 3.30. The molecule has 0 radical (unpaired) electrons. The Morgan fingerprint density at radius 1 is 1.10 bits per heavy atom. The fourth-order valence-corrected chi connectivity index (χ4v) is 2.12. The van der Waals surface area contributed by atoms with E-state index in [9.17, 15) is 0 Å². The first kappa shape index (κ1) is 12.6. The maximum absolute atomic E-state index is 5.90. The number of anilines is 1. The number of rotatable bonds is 2. The van der Waals surface area contributed by atoms with Crippen LogP contribution in [-0.4, -0.2) is 20.2 Å². The lowest BCUT2D eigenvalue weighted by Crippen LogP contribution is -2.01. The number of halogens is 1. The van der Waals surface area contributed by atoms with Crippen molar-refractivity contribution >= 4 is 17.3 Å². The lowest BCUT2D eigenvalue weighted by molar-refractivity contribution is 0.791. The lowest BCUT2D eigenvalue weighted by atomic mass is 10.1.